The number of methoxy groups -OCH3 is 1. The van der Waals surface area contributed by atoms with Crippen molar-refractivity contribution < 1.29 is 14.3 Å². The minimum atomic E-state index is -0.582. The Morgan fingerprint density at radius 2 is 1.76 bits per heavy atom. The molecule has 0 heterocycles. The van der Waals surface area contributed by atoms with E-state index in [2.05, 4.69) is 10.6 Å². The van der Waals surface area contributed by atoms with Crippen molar-refractivity contribution in [2.45, 2.75) is 24.4 Å². The summed E-state index contributed by atoms with van der Waals surface area (Å²) >= 11 is 1.53. The summed E-state index contributed by atoms with van der Waals surface area (Å²) in [7, 11) is 1.61. The molecule has 1 atom stereocenters. The van der Waals surface area contributed by atoms with Crippen LogP contribution in [0.2, 0.25) is 0 Å². The maximum absolute atomic E-state index is 12.4. The third kappa shape index (κ3) is 6.51. The maximum atomic E-state index is 12.4. The van der Waals surface area contributed by atoms with Crippen LogP contribution in [-0.2, 0) is 16.1 Å². The zero-order chi connectivity index (χ0) is 18.1. The number of carbonyl (C=O) groups excluding carboxylic acids is 2. The highest BCUT2D eigenvalue weighted by Gasteiger charge is 2.19. The summed E-state index contributed by atoms with van der Waals surface area (Å²) in [5.74, 6) is 0.816. The molecule has 0 radical (unpaired) electrons. The van der Waals surface area contributed by atoms with E-state index in [1.807, 2.05) is 54.6 Å². The van der Waals surface area contributed by atoms with Crippen LogP contribution in [0.3, 0.4) is 0 Å². The molecule has 0 fully saturated rings. The third-order valence-corrected chi connectivity index (χ3v) is 4.59. The molecule has 0 saturated heterocycles. The Labute approximate surface area is 152 Å². The topological polar surface area (TPSA) is 67.4 Å². The second kappa shape index (κ2) is 9.74. The Kier molecular flexibility index (Phi) is 7.35. The predicted octanol–water partition coefficient (Wildman–Crippen LogP) is 2.61. The van der Waals surface area contributed by atoms with Crippen molar-refractivity contribution in [2.75, 3.05) is 12.9 Å². The number of amides is 2. The fraction of sp³-hybridized carbons (Fsp3) is 0.263. The lowest BCUT2D eigenvalue weighted by Crippen LogP contribution is -2.47. The summed E-state index contributed by atoms with van der Waals surface area (Å²) in [6.07, 6.45) is 0. The number of benzene rings is 2. The molecular formula is C19H22N2O3S. The summed E-state index contributed by atoms with van der Waals surface area (Å²) < 4.78 is 5.11. The van der Waals surface area contributed by atoms with Crippen molar-refractivity contribution in [3.63, 3.8) is 0 Å². The molecule has 0 aromatic heterocycles. The first-order valence-corrected chi connectivity index (χ1v) is 8.92. The van der Waals surface area contributed by atoms with Crippen molar-refractivity contribution >= 4 is 23.6 Å². The molecule has 0 saturated carbocycles. The minimum Gasteiger partial charge on any atom is -0.497 e. The molecule has 0 bridgehead atoms. The van der Waals surface area contributed by atoms with Crippen LogP contribution in [0.5, 0.6) is 5.75 Å². The average molecular weight is 358 g/mol. The van der Waals surface area contributed by atoms with E-state index in [1.54, 1.807) is 7.11 Å². The normalized spacial score (nSPS) is 11.4. The summed E-state index contributed by atoms with van der Waals surface area (Å²) in [5.41, 5.74) is 0.964. The van der Waals surface area contributed by atoms with Crippen LogP contribution in [0.4, 0.5) is 0 Å². The van der Waals surface area contributed by atoms with Gasteiger partial charge in [0, 0.05) is 24.1 Å². The Balaban J connectivity index is 1.91. The van der Waals surface area contributed by atoms with Gasteiger partial charge in [-0.2, -0.15) is 0 Å². The lowest BCUT2D eigenvalue weighted by atomic mass is 10.2. The SMILES string of the molecule is COc1ccc(CNC(=O)C(CSc2ccccc2)NC(C)=O)cc1. The Morgan fingerprint density at radius 3 is 2.36 bits per heavy atom. The quantitative estimate of drug-likeness (QED) is 0.712. The summed E-state index contributed by atoms with van der Waals surface area (Å²) in [5, 5.41) is 5.58. The number of hydrogen-bond acceptors (Lipinski definition) is 4. The second-order valence-corrected chi connectivity index (χ2v) is 6.54. The number of hydrogen-bond donors (Lipinski definition) is 2. The zero-order valence-electron chi connectivity index (χ0n) is 14.3. The highest BCUT2D eigenvalue weighted by Crippen LogP contribution is 2.18. The smallest absolute Gasteiger partial charge is 0.243 e. The van der Waals surface area contributed by atoms with Gasteiger partial charge < -0.3 is 15.4 Å². The van der Waals surface area contributed by atoms with Gasteiger partial charge in [0.25, 0.3) is 0 Å². The molecule has 25 heavy (non-hydrogen) atoms. The number of rotatable bonds is 8. The van der Waals surface area contributed by atoms with E-state index in [0.717, 1.165) is 16.2 Å². The van der Waals surface area contributed by atoms with E-state index in [0.29, 0.717) is 12.3 Å². The third-order valence-electron chi connectivity index (χ3n) is 3.48. The zero-order valence-corrected chi connectivity index (χ0v) is 15.1. The van der Waals surface area contributed by atoms with Gasteiger partial charge in [0.15, 0.2) is 0 Å². The van der Waals surface area contributed by atoms with Crippen molar-refractivity contribution in [1.29, 1.82) is 0 Å². The fourth-order valence-corrected chi connectivity index (χ4v) is 3.12. The molecular weight excluding hydrogens is 336 g/mol. The van der Waals surface area contributed by atoms with Gasteiger partial charge in [-0.05, 0) is 29.8 Å². The average Bonchev–Trinajstić information content (AvgIpc) is 2.64. The Hall–Kier alpha value is -2.47. The van der Waals surface area contributed by atoms with Crippen molar-refractivity contribution in [1.82, 2.24) is 10.6 Å². The van der Waals surface area contributed by atoms with Gasteiger partial charge in [-0.1, -0.05) is 30.3 Å². The highest BCUT2D eigenvalue weighted by molar-refractivity contribution is 7.99. The van der Waals surface area contributed by atoms with Crippen LogP contribution >= 0.6 is 11.8 Å². The molecule has 1 unspecified atom stereocenters. The standard InChI is InChI=1S/C19H22N2O3S/c1-14(22)21-18(13-25-17-6-4-3-5-7-17)19(23)20-12-15-8-10-16(24-2)11-9-15/h3-11,18H,12-13H2,1-2H3,(H,20,23)(H,21,22). The van der Waals surface area contributed by atoms with Crippen LogP contribution < -0.4 is 15.4 Å². The first kappa shape index (κ1) is 18.9. The second-order valence-electron chi connectivity index (χ2n) is 5.44. The highest BCUT2D eigenvalue weighted by atomic mass is 32.2. The van der Waals surface area contributed by atoms with Gasteiger partial charge in [-0.25, -0.2) is 0 Å². The van der Waals surface area contributed by atoms with Crippen LogP contribution in [0.15, 0.2) is 59.5 Å². The number of thioether (sulfide) groups is 1. The molecule has 0 aliphatic carbocycles. The van der Waals surface area contributed by atoms with E-state index < -0.39 is 6.04 Å². The van der Waals surface area contributed by atoms with Gasteiger partial charge in [0.2, 0.25) is 11.8 Å². The molecule has 6 heteroatoms. The van der Waals surface area contributed by atoms with Gasteiger partial charge in [-0.3, -0.25) is 9.59 Å². The van der Waals surface area contributed by atoms with E-state index in [4.69, 9.17) is 4.74 Å². The summed E-state index contributed by atoms with van der Waals surface area (Å²) in [6.45, 7) is 1.81. The molecule has 0 spiro atoms. The molecule has 2 aromatic carbocycles. The van der Waals surface area contributed by atoms with Gasteiger partial charge in [0.05, 0.1) is 7.11 Å². The van der Waals surface area contributed by atoms with Crippen LogP contribution in [-0.4, -0.2) is 30.7 Å². The summed E-state index contributed by atoms with van der Waals surface area (Å²) in [6, 6.07) is 16.7. The van der Waals surface area contributed by atoms with Crippen LogP contribution in [0.25, 0.3) is 0 Å². The van der Waals surface area contributed by atoms with Crippen molar-refractivity contribution in [3.05, 3.63) is 60.2 Å². The molecule has 0 aliphatic heterocycles. The number of nitrogens with one attached hydrogen (secondary N) is 2. The maximum Gasteiger partial charge on any atom is 0.243 e. The summed E-state index contributed by atoms with van der Waals surface area (Å²) in [4.78, 5) is 24.9. The first-order valence-electron chi connectivity index (χ1n) is 7.94. The first-order chi connectivity index (χ1) is 12.1. The molecule has 2 rings (SSSR count). The minimum absolute atomic E-state index is 0.200. The van der Waals surface area contributed by atoms with Crippen LogP contribution in [0.1, 0.15) is 12.5 Å². The Bertz CT molecular complexity index is 690. The van der Waals surface area contributed by atoms with Gasteiger partial charge >= 0.3 is 0 Å². The lowest BCUT2D eigenvalue weighted by molar-refractivity contribution is -0.127. The van der Waals surface area contributed by atoms with E-state index in [-0.39, 0.29) is 11.8 Å². The molecule has 5 nitrogen and oxygen atoms in total. The van der Waals surface area contributed by atoms with E-state index in [1.165, 1.54) is 18.7 Å². The van der Waals surface area contributed by atoms with E-state index >= 15 is 0 Å². The lowest BCUT2D eigenvalue weighted by Gasteiger charge is -2.17. The van der Waals surface area contributed by atoms with Gasteiger partial charge in [0.1, 0.15) is 11.8 Å². The molecule has 2 N–H and O–H groups in total. The van der Waals surface area contributed by atoms with Crippen molar-refractivity contribution in [3.8, 4) is 5.75 Å². The van der Waals surface area contributed by atoms with Gasteiger partial charge in [-0.15, -0.1) is 11.8 Å². The van der Waals surface area contributed by atoms with Crippen LogP contribution in [0, 0.1) is 0 Å². The largest absolute Gasteiger partial charge is 0.497 e. The molecule has 2 aromatic rings. The number of ether oxygens (including phenoxy) is 1. The predicted molar refractivity (Wildman–Crippen MR) is 99.6 cm³/mol. The van der Waals surface area contributed by atoms with E-state index in [9.17, 15) is 9.59 Å². The molecule has 0 aliphatic rings. The Morgan fingerprint density at radius 1 is 1.08 bits per heavy atom. The number of carbonyl (C=O) groups is 2. The molecule has 132 valence electrons. The fourth-order valence-electron chi connectivity index (χ4n) is 2.18. The van der Waals surface area contributed by atoms with Crippen molar-refractivity contribution in [2.24, 2.45) is 0 Å². The molecule has 2 amide bonds. The monoisotopic (exact) mass is 358 g/mol.